The van der Waals surface area contributed by atoms with Gasteiger partial charge in [0.05, 0.1) is 0 Å². The van der Waals surface area contributed by atoms with Gasteiger partial charge >= 0.3 is 0 Å². The van der Waals surface area contributed by atoms with E-state index in [0.717, 1.165) is 10.0 Å². The molecule has 0 saturated carbocycles. The van der Waals surface area contributed by atoms with Gasteiger partial charge in [-0.1, -0.05) is 51.3 Å². The standard InChI is InChI=1S/C8H7BrCl2/c1-8(10,11)6-3-2-4-7(9)5-6/h2-5H,1H3. The number of rotatable bonds is 1. The lowest BCUT2D eigenvalue weighted by Gasteiger charge is -2.13. The van der Waals surface area contributed by atoms with Crippen molar-refractivity contribution in [3.63, 3.8) is 0 Å². The number of benzene rings is 1. The largest absolute Gasteiger partial charge is 0.140 e. The normalized spacial score (nSPS) is 11.6. The van der Waals surface area contributed by atoms with Crippen LogP contribution in [0.1, 0.15) is 12.5 Å². The maximum absolute atomic E-state index is 5.88. The highest BCUT2D eigenvalue weighted by Gasteiger charge is 2.18. The third kappa shape index (κ3) is 2.66. The first kappa shape index (κ1) is 9.37. The second kappa shape index (κ2) is 3.34. The summed E-state index contributed by atoms with van der Waals surface area (Å²) in [5.74, 6) is 0. The fourth-order valence-corrected chi connectivity index (χ4v) is 1.40. The summed E-state index contributed by atoms with van der Waals surface area (Å²) in [5, 5.41) is 0. The molecule has 1 aromatic rings. The Kier molecular flexibility index (Phi) is 2.84. The van der Waals surface area contributed by atoms with Crippen molar-refractivity contribution in [2.75, 3.05) is 0 Å². The van der Waals surface area contributed by atoms with Crippen molar-refractivity contribution >= 4 is 39.1 Å². The minimum absolute atomic E-state index is 0.802. The lowest BCUT2D eigenvalue weighted by atomic mass is 10.2. The van der Waals surface area contributed by atoms with Crippen LogP contribution in [0, 0.1) is 0 Å². The molecule has 1 aromatic carbocycles. The van der Waals surface area contributed by atoms with E-state index >= 15 is 0 Å². The average Bonchev–Trinajstić information content (AvgIpc) is 1.86. The van der Waals surface area contributed by atoms with Crippen LogP contribution in [0.15, 0.2) is 28.7 Å². The van der Waals surface area contributed by atoms with E-state index in [9.17, 15) is 0 Å². The molecule has 0 spiro atoms. The molecule has 0 saturated heterocycles. The topological polar surface area (TPSA) is 0 Å². The van der Waals surface area contributed by atoms with E-state index in [2.05, 4.69) is 15.9 Å². The van der Waals surface area contributed by atoms with Gasteiger partial charge in [-0.25, -0.2) is 0 Å². The zero-order valence-electron chi connectivity index (χ0n) is 5.94. The summed E-state index contributed by atoms with van der Waals surface area (Å²) >= 11 is 15.1. The third-order valence-corrected chi connectivity index (χ3v) is 2.26. The molecule has 1 rings (SSSR count). The summed E-state index contributed by atoms with van der Waals surface area (Å²) < 4.78 is 0.187. The summed E-state index contributed by atoms with van der Waals surface area (Å²) in [6, 6.07) is 7.64. The summed E-state index contributed by atoms with van der Waals surface area (Å²) in [6.45, 7) is 1.75. The molecule has 0 bridgehead atoms. The Morgan fingerprint density at radius 1 is 1.36 bits per heavy atom. The lowest BCUT2D eigenvalue weighted by Crippen LogP contribution is -2.02. The SMILES string of the molecule is CC(Cl)(Cl)c1cccc(Br)c1. The maximum atomic E-state index is 5.88. The summed E-state index contributed by atoms with van der Waals surface area (Å²) in [6.07, 6.45) is 0. The van der Waals surface area contributed by atoms with Crippen LogP contribution in [0.5, 0.6) is 0 Å². The Morgan fingerprint density at radius 3 is 2.36 bits per heavy atom. The van der Waals surface area contributed by atoms with Crippen molar-refractivity contribution < 1.29 is 0 Å². The smallest absolute Gasteiger partial charge is 0.0966 e. The van der Waals surface area contributed by atoms with Gasteiger partial charge < -0.3 is 0 Å². The van der Waals surface area contributed by atoms with Crippen LogP contribution in [-0.2, 0) is 4.33 Å². The minimum Gasteiger partial charge on any atom is -0.0966 e. The van der Waals surface area contributed by atoms with Crippen molar-refractivity contribution in [1.29, 1.82) is 0 Å². The summed E-state index contributed by atoms with van der Waals surface area (Å²) in [4.78, 5) is 0. The van der Waals surface area contributed by atoms with E-state index in [-0.39, 0.29) is 0 Å². The van der Waals surface area contributed by atoms with Crippen molar-refractivity contribution in [3.8, 4) is 0 Å². The van der Waals surface area contributed by atoms with Gasteiger partial charge in [0, 0.05) is 4.47 Å². The predicted molar refractivity (Wildman–Crippen MR) is 53.2 cm³/mol. The first-order valence-electron chi connectivity index (χ1n) is 3.14. The fraction of sp³-hybridized carbons (Fsp3) is 0.250. The van der Waals surface area contributed by atoms with E-state index in [1.807, 2.05) is 24.3 Å². The molecule has 3 heteroatoms. The zero-order chi connectivity index (χ0) is 8.48. The number of hydrogen-bond acceptors (Lipinski definition) is 0. The number of halogens is 3. The van der Waals surface area contributed by atoms with Gasteiger partial charge in [0.2, 0.25) is 0 Å². The molecule has 0 unspecified atom stereocenters. The van der Waals surface area contributed by atoms with E-state index in [1.165, 1.54) is 0 Å². The highest BCUT2D eigenvalue weighted by molar-refractivity contribution is 9.10. The van der Waals surface area contributed by atoms with Gasteiger partial charge in [0.15, 0.2) is 0 Å². The molecule has 0 radical (unpaired) electrons. The Balaban J connectivity index is 3.06. The van der Waals surface area contributed by atoms with E-state index in [4.69, 9.17) is 23.2 Å². The molecule has 0 aromatic heterocycles. The summed E-state index contributed by atoms with van der Waals surface area (Å²) in [5.41, 5.74) is 0.898. The van der Waals surface area contributed by atoms with E-state index < -0.39 is 4.33 Å². The second-order valence-electron chi connectivity index (χ2n) is 2.40. The molecule has 11 heavy (non-hydrogen) atoms. The average molecular weight is 254 g/mol. The second-order valence-corrected chi connectivity index (χ2v) is 5.02. The van der Waals surface area contributed by atoms with Gasteiger partial charge in [0.1, 0.15) is 4.33 Å². The first-order chi connectivity index (χ1) is 5.00. The fourth-order valence-electron chi connectivity index (χ4n) is 0.762. The lowest BCUT2D eigenvalue weighted by molar-refractivity contribution is 0.975. The molecule has 0 aliphatic heterocycles. The number of hydrogen-bond donors (Lipinski definition) is 0. The van der Waals surface area contributed by atoms with Gasteiger partial charge in [-0.3, -0.25) is 0 Å². The third-order valence-electron chi connectivity index (χ3n) is 1.33. The molecule has 0 fully saturated rings. The van der Waals surface area contributed by atoms with Gasteiger partial charge in [-0.05, 0) is 24.6 Å². The molecule has 0 nitrogen and oxygen atoms in total. The quantitative estimate of drug-likeness (QED) is 0.662. The van der Waals surface area contributed by atoms with Crippen LogP contribution in [-0.4, -0.2) is 0 Å². The molecule has 0 heterocycles. The van der Waals surface area contributed by atoms with Gasteiger partial charge in [0.25, 0.3) is 0 Å². The summed E-state index contributed by atoms with van der Waals surface area (Å²) in [7, 11) is 0. The van der Waals surface area contributed by atoms with Gasteiger partial charge in [-0.15, -0.1) is 0 Å². The van der Waals surface area contributed by atoms with Crippen molar-refractivity contribution in [2.45, 2.75) is 11.3 Å². The van der Waals surface area contributed by atoms with Crippen LogP contribution in [0.3, 0.4) is 0 Å². The molecule has 60 valence electrons. The van der Waals surface area contributed by atoms with Crippen molar-refractivity contribution in [1.82, 2.24) is 0 Å². The molecule has 0 atom stereocenters. The molecule has 0 aliphatic rings. The maximum Gasteiger partial charge on any atom is 0.140 e. The highest BCUT2D eigenvalue weighted by Crippen LogP contribution is 2.33. The van der Waals surface area contributed by atoms with Crippen LogP contribution in [0.4, 0.5) is 0 Å². The van der Waals surface area contributed by atoms with Crippen molar-refractivity contribution in [3.05, 3.63) is 34.3 Å². The molecular weight excluding hydrogens is 247 g/mol. The van der Waals surface area contributed by atoms with E-state index in [0.29, 0.717) is 0 Å². The van der Waals surface area contributed by atoms with Crippen molar-refractivity contribution in [2.24, 2.45) is 0 Å². The highest BCUT2D eigenvalue weighted by atomic mass is 79.9. The van der Waals surface area contributed by atoms with Crippen LogP contribution in [0.25, 0.3) is 0 Å². The Morgan fingerprint density at radius 2 is 2.00 bits per heavy atom. The minimum atomic E-state index is -0.802. The molecule has 0 N–H and O–H groups in total. The van der Waals surface area contributed by atoms with Crippen LogP contribution < -0.4 is 0 Å². The predicted octanol–water partition coefficient (Wildman–Crippen LogP) is 4.10. The first-order valence-corrected chi connectivity index (χ1v) is 4.69. The Bertz CT molecular complexity index is 253. The van der Waals surface area contributed by atoms with Crippen LogP contribution >= 0.6 is 39.1 Å². The number of alkyl halides is 2. The molecule has 0 aliphatic carbocycles. The molecular formula is C8H7BrCl2. The monoisotopic (exact) mass is 252 g/mol. The van der Waals surface area contributed by atoms with E-state index in [1.54, 1.807) is 6.92 Å². The Hall–Kier alpha value is 0.280. The van der Waals surface area contributed by atoms with Gasteiger partial charge in [-0.2, -0.15) is 0 Å². The molecule has 0 amide bonds. The Labute approximate surface area is 84.6 Å². The van der Waals surface area contributed by atoms with Crippen LogP contribution in [0.2, 0.25) is 0 Å². The zero-order valence-corrected chi connectivity index (χ0v) is 9.04.